The van der Waals surface area contributed by atoms with Crippen LogP contribution in [0.15, 0.2) is 24.3 Å². The van der Waals surface area contributed by atoms with Gasteiger partial charge < -0.3 is 15.3 Å². The first kappa shape index (κ1) is 20.7. The average Bonchev–Trinajstić information content (AvgIpc) is 2.67. The highest BCUT2D eigenvalue weighted by Crippen LogP contribution is 2.24. The Morgan fingerprint density at radius 3 is 2.37 bits per heavy atom. The topological polar surface area (TPSA) is 52.6 Å². The van der Waals surface area contributed by atoms with Crippen LogP contribution in [0.1, 0.15) is 61.9 Å². The van der Waals surface area contributed by atoms with Crippen LogP contribution in [0.4, 0.5) is 0 Å². The number of piperidine rings is 1. The summed E-state index contributed by atoms with van der Waals surface area (Å²) in [5.74, 6) is 2.64. The molecule has 0 aromatic heterocycles. The number of nitrogens with one attached hydrogen (secondary N) is 1. The molecule has 2 aliphatic rings. The highest BCUT2D eigenvalue weighted by Gasteiger charge is 2.27. The molecule has 5 heteroatoms. The minimum absolute atomic E-state index is 0.0385. The minimum Gasteiger partial charge on any atom is -0.390 e. The van der Waals surface area contributed by atoms with Crippen LogP contribution in [-0.2, 0) is 6.42 Å². The van der Waals surface area contributed by atoms with Gasteiger partial charge in [-0.2, -0.15) is 11.8 Å². The maximum absolute atomic E-state index is 12.6. The number of rotatable bonds is 6. The monoisotopic (exact) mass is 390 g/mol. The lowest BCUT2D eigenvalue weighted by Gasteiger charge is -2.39. The maximum Gasteiger partial charge on any atom is 0.251 e. The number of carbonyl (C=O) groups is 1. The lowest BCUT2D eigenvalue weighted by Crippen LogP contribution is -2.48. The molecule has 0 spiro atoms. The Bertz CT molecular complexity index is 598. The van der Waals surface area contributed by atoms with Crippen molar-refractivity contribution >= 4 is 17.7 Å². The van der Waals surface area contributed by atoms with E-state index in [2.05, 4.69) is 22.0 Å². The highest BCUT2D eigenvalue weighted by atomic mass is 32.2. The summed E-state index contributed by atoms with van der Waals surface area (Å²) < 4.78 is 0. The molecule has 0 aliphatic carbocycles. The third-order valence-electron chi connectivity index (χ3n) is 5.81. The molecular weight excluding hydrogens is 356 g/mol. The van der Waals surface area contributed by atoms with Crippen molar-refractivity contribution in [3.63, 3.8) is 0 Å². The Morgan fingerprint density at radius 2 is 1.78 bits per heavy atom. The van der Waals surface area contributed by atoms with Gasteiger partial charge in [-0.05, 0) is 81.6 Å². The number of hydrogen-bond donors (Lipinski definition) is 2. The number of amides is 1. The van der Waals surface area contributed by atoms with E-state index in [1.54, 1.807) is 0 Å². The Kier molecular flexibility index (Phi) is 7.23. The predicted molar refractivity (Wildman–Crippen MR) is 113 cm³/mol. The second-order valence-corrected chi connectivity index (χ2v) is 9.86. The summed E-state index contributed by atoms with van der Waals surface area (Å²) in [5.41, 5.74) is 1.24. The molecule has 0 atom stereocenters. The number of thioether (sulfide) groups is 1. The van der Waals surface area contributed by atoms with Crippen LogP contribution in [0, 0.1) is 0 Å². The smallest absolute Gasteiger partial charge is 0.251 e. The van der Waals surface area contributed by atoms with E-state index in [0.29, 0.717) is 6.04 Å². The van der Waals surface area contributed by atoms with Crippen molar-refractivity contribution < 1.29 is 9.90 Å². The van der Waals surface area contributed by atoms with Crippen LogP contribution < -0.4 is 5.32 Å². The van der Waals surface area contributed by atoms with E-state index in [0.717, 1.165) is 55.9 Å². The fourth-order valence-corrected chi connectivity index (χ4v) is 5.08. The van der Waals surface area contributed by atoms with Gasteiger partial charge in [-0.1, -0.05) is 12.1 Å². The molecular formula is C22H34N2O2S. The first-order chi connectivity index (χ1) is 12.9. The summed E-state index contributed by atoms with van der Waals surface area (Å²) in [6, 6.07) is 8.88. The molecule has 4 nitrogen and oxygen atoms in total. The van der Waals surface area contributed by atoms with Gasteiger partial charge in [0.25, 0.3) is 5.91 Å². The summed E-state index contributed by atoms with van der Waals surface area (Å²) >= 11 is 2.08. The van der Waals surface area contributed by atoms with Crippen LogP contribution in [0.25, 0.3) is 0 Å². The van der Waals surface area contributed by atoms with Gasteiger partial charge in [0.05, 0.1) is 5.60 Å². The van der Waals surface area contributed by atoms with Gasteiger partial charge in [0.15, 0.2) is 0 Å². The Morgan fingerprint density at radius 1 is 1.15 bits per heavy atom. The molecule has 150 valence electrons. The average molecular weight is 391 g/mol. The van der Waals surface area contributed by atoms with Gasteiger partial charge >= 0.3 is 0 Å². The summed E-state index contributed by atoms with van der Waals surface area (Å²) in [6.07, 6.45) is 6.29. The quantitative estimate of drug-likeness (QED) is 0.781. The normalized spacial score (nSPS) is 20.6. The van der Waals surface area contributed by atoms with Crippen LogP contribution >= 0.6 is 11.8 Å². The molecule has 2 heterocycles. The SMILES string of the molecule is CC(C)(O)CCc1ccc(C(=O)NC2CCN(C3CCSCC3)CC2)cc1. The van der Waals surface area contributed by atoms with Crippen molar-refractivity contribution in [3.05, 3.63) is 35.4 Å². The highest BCUT2D eigenvalue weighted by molar-refractivity contribution is 7.99. The third-order valence-corrected chi connectivity index (χ3v) is 6.86. The van der Waals surface area contributed by atoms with Crippen molar-refractivity contribution in [2.75, 3.05) is 24.6 Å². The fraction of sp³-hybridized carbons (Fsp3) is 0.682. The standard InChI is InChI=1S/C22H34N2O2S/c1-22(2,26)12-7-17-3-5-18(6-4-17)21(25)23-19-8-13-24(14-9-19)20-10-15-27-16-11-20/h3-6,19-20,26H,7-16H2,1-2H3,(H,23,25). The zero-order valence-corrected chi connectivity index (χ0v) is 17.6. The number of benzene rings is 1. The summed E-state index contributed by atoms with van der Waals surface area (Å²) in [7, 11) is 0. The number of aryl methyl sites for hydroxylation is 1. The summed E-state index contributed by atoms with van der Waals surface area (Å²) in [4.78, 5) is 15.2. The second kappa shape index (κ2) is 9.44. The van der Waals surface area contributed by atoms with Gasteiger partial charge in [0.1, 0.15) is 0 Å². The zero-order valence-electron chi connectivity index (χ0n) is 16.7. The van der Waals surface area contributed by atoms with Crippen molar-refractivity contribution in [2.45, 2.75) is 70.1 Å². The molecule has 1 aromatic carbocycles. The summed E-state index contributed by atoms with van der Waals surface area (Å²) in [5, 5.41) is 13.1. The zero-order chi connectivity index (χ0) is 19.3. The third kappa shape index (κ3) is 6.51. The van der Waals surface area contributed by atoms with Gasteiger partial charge in [-0.15, -0.1) is 0 Å². The molecule has 2 aliphatic heterocycles. The molecule has 2 fully saturated rings. The molecule has 0 radical (unpaired) electrons. The fourth-order valence-electron chi connectivity index (χ4n) is 4.00. The molecule has 3 rings (SSSR count). The maximum atomic E-state index is 12.6. The van der Waals surface area contributed by atoms with Gasteiger partial charge in [-0.25, -0.2) is 0 Å². The molecule has 27 heavy (non-hydrogen) atoms. The molecule has 1 aromatic rings. The molecule has 0 saturated carbocycles. The lowest BCUT2D eigenvalue weighted by atomic mass is 9.98. The van der Waals surface area contributed by atoms with E-state index in [4.69, 9.17) is 0 Å². The largest absolute Gasteiger partial charge is 0.390 e. The Balaban J connectivity index is 1.44. The second-order valence-electron chi connectivity index (χ2n) is 8.64. The minimum atomic E-state index is -0.651. The number of nitrogens with zero attached hydrogens (tertiary/aromatic N) is 1. The first-order valence-corrected chi connectivity index (χ1v) is 11.5. The van der Waals surface area contributed by atoms with E-state index in [1.165, 1.54) is 24.3 Å². The predicted octanol–water partition coefficient (Wildman–Crippen LogP) is 3.48. The van der Waals surface area contributed by atoms with Crippen molar-refractivity contribution in [3.8, 4) is 0 Å². The van der Waals surface area contributed by atoms with Crippen molar-refractivity contribution in [1.82, 2.24) is 10.2 Å². The van der Waals surface area contributed by atoms with Gasteiger partial charge in [-0.3, -0.25) is 4.79 Å². The van der Waals surface area contributed by atoms with Gasteiger partial charge in [0, 0.05) is 30.7 Å². The Labute approximate surface area is 168 Å². The molecule has 2 saturated heterocycles. The van der Waals surface area contributed by atoms with E-state index < -0.39 is 5.60 Å². The molecule has 0 bridgehead atoms. The van der Waals surface area contributed by atoms with Crippen molar-refractivity contribution in [2.24, 2.45) is 0 Å². The number of carbonyl (C=O) groups excluding carboxylic acids is 1. The molecule has 2 N–H and O–H groups in total. The van der Waals surface area contributed by atoms with E-state index in [-0.39, 0.29) is 5.91 Å². The number of hydrogen-bond acceptors (Lipinski definition) is 4. The Hall–Kier alpha value is -1.04. The first-order valence-electron chi connectivity index (χ1n) is 10.3. The number of aliphatic hydroxyl groups is 1. The van der Waals surface area contributed by atoms with Gasteiger partial charge in [0.2, 0.25) is 0 Å². The summed E-state index contributed by atoms with van der Waals surface area (Å²) in [6.45, 7) is 5.87. The van der Waals surface area contributed by atoms with E-state index >= 15 is 0 Å². The van der Waals surface area contributed by atoms with Crippen LogP contribution in [0.5, 0.6) is 0 Å². The van der Waals surface area contributed by atoms with Crippen LogP contribution in [0.3, 0.4) is 0 Å². The van der Waals surface area contributed by atoms with Crippen molar-refractivity contribution in [1.29, 1.82) is 0 Å². The van der Waals surface area contributed by atoms with E-state index in [9.17, 15) is 9.90 Å². The van der Waals surface area contributed by atoms with Crippen LogP contribution in [0.2, 0.25) is 0 Å². The lowest BCUT2D eigenvalue weighted by molar-refractivity contribution is 0.0713. The number of likely N-dealkylation sites (tertiary alicyclic amines) is 1. The van der Waals surface area contributed by atoms with Crippen LogP contribution in [-0.4, -0.2) is 58.2 Å². The van der Waals surface area contributed by atoms with E-state index in [1.807, 2.05) is 38.1 Å². The molecule has 0 unspecified atom stereocenters. The molecule has 1 amide bonds.